The molecular weight excluding hydrogens is 260 g/mol. The first-order valence-corrected chi connectivity index (χ1v) is 6.73. The maximum atomic E-state index is 11.8. The van der Waals surface area contributed by atoms with Gasteiger partial charge in [-0.05, 0) is 32.1 Å². The molecule has 20 heavy (non-hydrogen) atoms. The topological polar surface area (TPSA) is 97.1 Å². The highest BCUT2D eigenvalue weighted by molar-refractivity contribution is 5.91. The summed E-state index contributed by atoms with van der Waals surface area (Å²) in [6.45, 7) is 0.267. The van der Waals surface area contributed by atoms with E-state index in [9.17, 15) is 9.59 Å². The SMILES string of the molecule is O=C(O)Cn1cc(C(=O)NCCC2=CCCCC2)nn1. The molecule has 1 aliphatic rings. The Morgan fingerprint density at radius 2 is 2.25 bits per heavy atom. The minimum Gasteiger partial charge on any atom is -0.480 e. The van der Waals surface area contributed by atoms with E-state index in [1.165, 1.54) is 24.6 Å². The van der Waals surface area contributed by atoms with Gasteiger partial charge in [-0.15, -0.1) is 5.10 Å². The molecule has 7 heteroatoms. The van der Waals surface area contributed by atoms with E-state index in [1.807, 2.05) is 0 Å². The predicted molar refractivity (Wildman–Crippen MR) is 71.2 cm³/mol. The van der Waals surface area contributed by atoms with E-state index in [0.717, 1.165) is 23.9 Å². The first-order valence-electron chi connectivity index (χ1n) is 6.73. The molecule has 1 aromatic heterocycles. The second-order valence-corrected chi connectivity index (χ2v) is 4.81. The molecule has 1 aromatic rings. The first-order chi connectivity index (χ1) is 9.65. The summed E-state index contributed by atoms with van der Waals surface area (Å²) in [6, 6.07) is 0. The molecule has 0 unspecified atom stereocenters. The maximum absolute atomic E-state index is 11.8. The van der Waals surface area contributed by atoms with E-state index in [4.69, 9.17) is 5.11 Å². The molecule has 0 spiro atoms. The van der Waals surface area contributed by atoms with Gasteiger partial charge >= 0.3 is 5.97 Å². The average molecular weight is 278 g/mol. The lowest BCUT2D eigenvalue weighted by atomic mass is 9.97. The molecule has 0 atom stereocenters. The van der Waals surface area contributed by atoms with Crippen LogP contribution < -0.4 is 5.32 Å². The van der Waals surface area contributed by atoms with Gasteiger partial charge < -0.3 is 10.4 Å². The van der Waals surface area contributed by atoms with Gasteiger partial charge in [0.2, 0.25) is 0 Å². The molecule has 0 radical (unpaired) electrons. The molecule has 1 amide bonds. The van der Waals surface area contributed by atoms with Crippen LogP contribution in [0.1, 0.15) is 42.6 Å². The van der Waals surface area contributed by atoms with Crippen LogP contribution in [0.5, 0.6) is 0 Å². The number of hydrogen-bond acceptors (Lipinski definition) is 4. The zero-order chi connectivity index (χ0) is 14.4. The Morgan fingerprint density at radius 1 is 1.40 bits per heavy atom. The van der Waals surface area contributed by atoms with Crippen LogP contribution in [-0.2, 0) is 11.3 Å². The molecule has 1 aliphatic carbocycles. The fourth-order valence-electron chi connectivity index (χ4n) is 2.18. The summed E-state index contributed by atoms with van der Waals surface area (Å²) in [4.78, 5) is 22.3. The van der Waals surface area contributed by atoms with Crippen LogP contribution in [0.3, 0.4) is 0 Å². The zero-order valence-corrected chi connectivity index (χ0v) is 11.2. The number of carbonyl (C=O) groups is 2. The molecule has 0 saturated carbocycles. The number of aromatic nitrogens is 3. The lowest BCUT2D eigenvalue weighted by Gasteiger charge is -2.12. The summed E-state index contributed by atoms with van der Waals surface area (Å²) in [5.74, 6) is -1.34. The molecule has 0 aromatic carbocycles. The molecule has 0 bridgehead atoms. The Balaban J connectivity index is 1.78. The van der Waals surface area contributed by atoms with Crippen LogP contribution in [0.25, 0.3) is 0 Å². The van der Waals surface area contributed by atoms with E-state index < -0.39 is 5.97 Å². The van der Waals surface area contributed by atoms with E-state index in [-0.39, 0.29) is 18.1 Å². The second-order valence-electron chi connectivity index (χ2n) is 4.81. The maximum Gasteiger partial charge on any atom is 0.325 e. The van der Waals surface area contributed by atoms with E-state index in [1.54, 1.807) is 0 Å². The highest BCUT2D eigenvalue weighted by Crippen LogP contribution is 2.19. The largest absolute Gasteiger partial charge is 0.480 e. The van der Waals surface area contributed by atoms with Crippen molar-refractivity contribution in [3.8, 4) is 0 Å². The third-order valence-corrected chi connectivity index (χ3v) is 3.19. The summed E-state index contributed by atoms with van der Waals surface area (Å²) in [5, 5.41) is 18.6. The average Bonchev–Trinajstić information content (AvgIpc) is 2.87. The van der Waals surface area contributed by atoms with Crippen molar-refractivity contribution >= 4 is 11.9 Å². The monoisotopic (exact) mass is 278 g/mol. The van der Waals surface area contributed by atoms with Gasteiger partial charge in [0.05, 0.1) is 6.20 Å². The van der Waals surface area contributed by atoms with Crippen LogP contribution in [0.15, 0.2) is 17.8 Å². The molecule has 2 rings (SSSR count). The number of hydrogen-bond donors (Lipinski definition) is 2. The zero-order valence-electron chi connectivity index (χ0n) is 11.2. The number of amides is 1. The number of carboxylic acid groups (broad SMARTS) is 1. The molecule has 108 valence electrons. The number of rotatable bonds is 6. The highest BCUT2D eigenvalue weighted by Gasteiger charge is 2.12. The van der Waals surface area contributed by atoms with Gasteiger partial charge in [0.25, 0.3) is 5.91 Å². The Morgan fingerprint density at radius 3 is 2.95 bits per heavy atom. The third-order valence-electron chi connectivity index (χ3n) is 3.19. The quantitative estimate of drug-likeness (QED) is 0.756. The Labute approximate surface area is 116 Å². The normalized spacial score (nSPS) is 14.7. The number of allylic oxidation sites excluding steroid dienone is 1. The number of nitrogens with zero attached hydrogens (tertiary/aromatic N) is 3. The fraction of sp³-hybridized carbons (Fsp3) is 0.538. The standard InChI is InChI=1S/C13H18N4O3/c18-12(19)9-17-8-11(15-16-17)13(20)14-7-6-10-4-2-1-3-5-10/h4,8H,1-3,5-7,9H2,(H,14,20)(H,18,19). The van der Waals surface area contributed by atoms with E-state index in [2.05, 4.69) is 21.7 Å². The van der Waals surface area contributed by atoms with Gasteiger partial charge in [-0.3, -0.25) is 9.59 Å². The Kier molecular flexibility index (Phi) is 4.86. The lowest BCUT2D eigenvalue weighted by molar-refractivity contribution is -0.137. The highest BCUT2D eigenvalue weighted by atomic mass is 16.4. The van der Waals surface area contributed by atoms with Crippen molar-refractivity contribution in [2.24, 2.45) is 0 Å². The first kappa shape index (κ1) is 14.2. The summed E-state index contributed by atoms with van der Waals surface area (Å²) < 4.78 is 1.13. The van der Waals surface area contributed by atoms with Gasteiger partial charge in [-0.1, -0.05) is 16.9 Å². The van der Waals surface area contributed by atoms with Crippen molar-refractivity contribution in [1.29, 1.82) is 0 Å². The van der Waals surface area contributed by atoms with Crippen LogP contribution in [0.2, 0.25) is 0 Å². The van der Waals surface area contributed by atoms with E-state index >= 15 is 0 Å². The predicted octanol–water partition coefficient (Wildman–Crippen LogP) is 0.983. The van der Waals surface area contributed by atoms with Crippen molar-refractivity contribution in [3.05, 3.63) is 23.5 Å². The van der Waals surface area contributed by atoms with Crippen molar-refractivity contribution in [2.45, 2.75) is 38.6 Å². The second kappa shape index (κ2) is 6.83. The van der Waals surface area contributed by atoms with Crippen molar-refractivity contribution in [3.63, 3.8) is 0 Å². The smallest absolute Gasteiger partial charge is 0.325 e. The van der Waals surface area contributed by atoms with Gasteiger partial charge in [-0.25, -0.2) is 4.68 Å². The Bertz CT molecular complexity index is 521. The summed E-state index contributed by atoms with van der Waals surface area (Å²) in [7, 11) is 0. The molecule has 0 fully saturated rings. The fourth-order valence-corrected chi connectivity index (χ4v) is 2.18. The molecule has 2 N–H and O–H groups in total. The van der Waals surface area contributed by atoms with E-state index in [0.29, 0.717) is 6.54 Å². The minimum atomic E-state index is -1.02. The van der Waals surface area contributed by atoms with Gasteiger partial charge in [0.15, 0.2) is 5.69 Å². The molecule has 1 heterocycles. The summed E-state index contributed by atoms with van der Waals surface area (Å²) in [5.41, 5.74) is 1.54. The van der Waals surface area contributed by atoms with Gasteiger partial charge in [0, 0.05) is 6.54 Å². The van der Waals surface area contributed by atoms with Crippen LogP contribution in [0, 0.1) is 0 Å². The van der Waals surface area contributed by atoms with Crippen LogP contribution in [0.4, 0.5) is 0 Å². The Hall–Kier alpha value is -2.18. The number of aliphatic carboxylic acids is 1. The molecule has 0 aliphatic heterocycles. The summed E-state index contributed by atoms with van der Waals surface area (Å²) in [6.07, 6.45) is 9.17. The number of nitrogens with one attached hydrogen (secondary N) is 1. The van der Waals surface area contributed by atoms with Crippen LogP contribution >= 0.6 is 0 Å². The number of carboxylic acids is 1. The lowest BCUT2D eigenvalue weighted by Crippen LogP contribution is -2.25. The van der Waals surface area contributed by atoms with Crippen LogP contribution in [-0.4, -0.2) is 38.5 Å². The van der Waals surface area contributed by atoms with Crippen molar-refractivity contribution in [2.75, 3.05) is 6.54 Å². The van der Waals surface area contributed by atoms with Crippen molar-refractivity contribution < 1.29 is 14.7 Å². The molecule has 7 nitrogen and oxygen atoms in total. The summed E-state index contributed by atoms with van der Waals surface area (Å²) >= 11 is 0. The minimum absolute atomic E-state index is 0.142. The van der Waals surface area contributed by atoms with Gasteiger partial charge in [-0.2, -0.15) is 0 Å². The van der Waals surface area contributed by atoms with Crippen molar-refractivity contribution in [1.82, 2.24) is 20.3 Å². The van der Waals surface area contributed by atoms with Gasteiger partial charge in [0.1, 0.15) is 6.54 Å². The molecular formula is C13H18N4O3. The third kappa shape index (κ3) is 4.18. The molecule has 0 saturated heterocycles. The number of carbonyl (C=O) groups excluding carboxylic acids is 1.